The van der Waals surface area contributed by atoms with E-state index in [1.54, 1.807) is 41.7 Å². The Morgan fingerprint density at radius 2 is 1.72 bits per heavy atom. The normalized spacial score (nSPS) is 10.7. The van der Waals surface area contributed by atoms with Crippen LogP contribution in [0.4, 0.5) is 16.2 Å². The summed E-state index contributed by atoms with van der Waals surface area (Å²) >= 11 is 1.36. The number of rotatable bonds is 7. The fourth-order valence-corrected chi connectivity index (χ4v) is 3.78. The fraction of sp³-hybridized carbons (Fsp3) is 0.292. The third kappa shape index (κ3) is 5.85. The van der Waals surface area contributed by atoms with E-state index in [1.807, 2.05) is 45.9 Å². The van der Waals surface area contributed by atoms with Crippen LogP contribution in [-0.2, 0) is 6.54 Å². The Balaban J connectivity index is 1.65. The second-order valence-electron chi connectivity index (χ2n) is 7.76. The quantitative estimate of drug-likeness (QED) is 0.498. The minimum atomic E-state index is -0.269. The summed E-state index contributed by atoms with van der Waals surface area (Å²) in [7, 11) is 1.60. The van der Waals surface area contributed by atoms with Gasteiger partial charge in [-0.05, 0) is 75.2 Å². The molecule has 8 heteroatoms. The highest BCUT2D eigenvalue weighted by Crippen LogP contribution is 2.20. The third-order valence-electron chi connectivity index (χ3n) is 5.08. The van der Waals surface area contributed by atoms with Crippen LogP contribution in [0.15, 0.2) is 47.8 Å². The molecule has 0 unspecified atom stereocenters. The molecule has 3 rings (SSSR count). The molecule has 0 atom stereocenters. The van der Waals surface area contributed by atoms with Crippen LogP contribution in [0.1, 0.15) is 40.5 Å². The van der Waals surface area contributed by atoms with Crippen LogP contribution in [0.25, 0.3) is 0 Å². The van der Waals surface area contributed by atoms with Gasteiger partial charge in [0.2, 0.25) is 0 Å². The molecule has 0 saturated carbocycles. The number of hydrogen-bond acceptors (Lipinski definition) is 5. The molecule has 0 aliphatic carbocycles. The van der Waals surface area contributed by atoms with Gasteiger partial charge in [-0.25, -0.2) is 9.78 Å². The zero-order valence-corrected chi connectivity index (χ0v) is 19.7. The van der Waals surface area contributed by atoms with Gasteiger partial charge in [0.1, 0.15) is 16.5 Å². The average molecular weight is 453 g/mol. The first-order valence-corrected chi connectivity index (χ1v) is 11.2. The number of carbonyl (C=O) groups excluding carboxylic acids is 2. The molecule has 3 amide bonds. The van der Waals surface area contributed by atoms with Crippen molar-refractivity contribution in [3.05, 3.63) is 69.7 Å². The zero-order chi connectivity index (χ0) is 23.3. The minimum absolute atomic E-state index is 0.0510. The Hall–Kier alpha value is -3.39. The maximum Gasteiger partial charge on any atom is 0.322 e. The Morgan fingerprint density at radius 1 is 1.03 bits per heavy atom. The van der Waals surface area contributed by atoms with Crippen LogP contribution in [0.2, 0.25) is 0 Å². The van der Waals surface area contributed by atoms with Gasteiger partial charge in [0, 0.05) is 22.8 Å². The molecule has 2 aromatic carbocycles. The lowest BCUT2D eigenvalue weighted by Gasteiger charge is -2.26. The molecule has 0 bridgehead atoms. The van der Waals surface area contributed by atoms with E-state index in [1.165, 1.54) is 16.9 Å². The number of aryl methyl sites for hydroxylation is 2. The maximum absolute atomic E-state index is 12.8. The van der Waals surface area contributed by atoms with E-state index >= 15 is 0 Å². The number of ether oxygens (including phenoxy) is 1. The molecule has 168 valence electrons. The number of methoxy groups -OCH3 is 1. The number of urea groups is 1. The van der Waals surface area contributed by atoms with Crippen molar-refractivity contribution in [3.8, 4) is 5.75 Å². The van der Waals surface area contributed by atoms with Gasteiger partial charge in [-0.1, -0.05) is 6.07 Å². The van der Waals surface area contributed by atoms with E-state index < -0.39 is 0 Å². The maximum atomic E-state index is 12.8. The van der Waals surface area contributed by atoms with Gasteiger partial charge < -0.3 is 20.3 Å². The standard InChI is InChI=1S/C24H28N4O3S/c1-15(2)28(24(30)26-18-8-10-20(31-5)11-9-18)13-22-27-21(14-32-22)23(29)25-19-7-6-16(3)17(4)12-19/h6-12,14-15H,13H2,1-5H3,(H,25,29)(H,26,30). The van der Waals surface area contributed by atoms with Gasteiger partial charge in [-0.2, -0.15) is 0 Å². The van der Waals surface area contributed by atoms with Crippen molar-refractivity contribution in [2.24, 2.45) is 0 Å². The van der Waals surface area contributed by atoms with E-state index in [0.717, 1.165) is 17.0 Å². The highest BCUT2D eigenvalue weighted by atomic mass is 32.1. The molecule has 0 fully saturated rings. The average Bonchev–Trinajstić information content (AvgIpc) is 3.24. The second-order valence-corrected chi connectivity index (χ2v) is 8.70. The molecular formula is C24H28N4O3S. The van der Waals surface area contributed by atoms with Crippen LogP contribution in [0.5, 0.6) is 5.75 Å². The van der Waals surface area contributed by atoms with E-state index in [-0.39, 0.29) is 18.0 Å². The van der Waals surface area contributed by atoms with Crippen molar-refractivity contribution in [3.63, 3.8) is 0 Å². The number of anilines is 2. The Labute approximate surface area is 192 Å². The van der Waals surface area contributed by atoms with Crippen molar-refractivity contribution < 1.29 is 14.3 Å². The SMILES string of the molecule is COc1ccc(NC(=O)N(Cc2nc(C(=O)Nc3ccc(C)c(C)c3)cs2)C(C)C)cc1. The molecule has 3 aromatic rings. The summed E-state index contributed by atoms with van der Waals surface area (Å²) in [6, 6.07) is 12.6. The van der Waals surface area contributed by atoms with Crippen molar-refractivity contribution >= 4 is 34.6 Å². The molecule has 0 aliphatic rings. The number of hydrogen-bond donors (Lipinski definition) is 2. The number of nitrogens with one attached hydrogen (secondary N) is 2. The fourth-order valence-electron chi connectivity index (χ4n) is 3.01. The summed E-state index contributed by atoms with van der Waals surface area (Å²) in [5, 5.41) is 8.18. The van der Waals surface area contributed by atoms with Crippen LogP contribution >= 0.6 is 11.3 Å². The van der Waals surface area contributed by atoms with Gasteiger partial charge in [0.15, 0.2) is 0 Å². The summed E-state index contributed by atoms with van der Waals surface area (Å²) < 4.78 is 5.15. The predicted octanol–water partition coefficient (Wildman–Crippen LogP) is 5.46. The highest BCUT2D eigenvalue weighted by molar-refractivity contribution is 7.09. The van der Waals surface area contributed by atoms with Crippen LogP contribution < -0.4 is 15.4 Å². The molecule has 1 heterocycles. The smallest absolute Gasteiger partial charge is 0.322 e. The van der Waals surface area contributed by atoms with Crippen molar-refractivity contribution in [2.45, 2.75) is 40.3 Å². The lowest BCUT2D eigenvalue weighted by atomic mass is 10.1. The molecule has 0 aliphatic heterocycles. The van der Waals surface area contributed by atoms with Crippen molar-refractivity contribution in [1.82, 2.24) is 9.88 Å². The van der Waals surface area contributed by atoms with E-state index in [0.29, 0.717) is 22.9 Å². The summed E-state index contributed by atoms with van der Waals surface area (Å²) in [4.78, 5) is 31.6. The van der Waals surface area contributed by atoms with E-state index in [4.69, 9.17) is 4.74 Å². The Morgan fingerprint density at radius 3 is 2.34 bits per heavy atom. The summed E-state index contributed by atoms with van der Waals surface area (Å²) in [5.74, 6) is 0.452. The lowest BCUT2D eigenvalue weighted by Crippen LogP contribution is -2.39. The predicted molar refractivity (Wildman–Crippen MR) is 129 cm³/mol. The van der Waals surface area contributed by atoms with Crippen LogP contribution in [0, 0.1) is 13.8 Å². The van der Waals surface area contributed by atoms with Gasteiger partial charge in [-0.3, -0.25) is 4.79 Å². The summed E-state index contributed by atoms with van der Waals surface area (Å²) in [6.45, 7) is 8.21. The highest BCUT2D eigenvalue weighted by Gasteiger charge is 2.20. The largest absolute Gasteiger partial charge is 0.497 e. The zero-order valence-electron chi connectivity index (χ0n) is 18.9. The molecule has 1 aromatic heterocycles. The van der Waals surface area contributed by atoms with E-state index in [2.05, 4.69) is 15.6 Å². The molecule has 7 nitrogen and oxygen atoms in total. The van der Waals surface area contributed by atoms with Gasteiger partial charge >= 0.3 is 6.03 Å². The van der Waals surface area contributed by atoms with Crippen molar-refractivity contribution in [2.75, 3.05) is 17.7 Å². The number of thiazole rings is 1. The topological polar surface area (TPSA) is 83.6 Å². The third-order valence-corrected chi connectivity index (χ3v) is 5.91. The second kappa shape index (κ2) is 10.3. The van der Waals surface area contributed by atoms with Crippen molar-refractivity contribution in [1.29, 1.82) is 0 Å². The Kier molecular flexibility index (Phi) is 7.48. The van der Waals surface area contributed by atoms with Crippen LogP contribution in [-0.4, -0.2) is 35.0 Å². The number of benzene rings is 2. The Bertz CT molecular complexity index is 1090. The number of amides is 3. The minimum Gasteiger partial charge on any atom is -0.497 e. The van der Waals surface area contributed by atoms with Gasteiger partial charge in [0.25, 0.3) is 5.91 Å². The molecule has 0 saturated heterocycles. The lowest BCUT2D eigenvalue weighted by molar-refractivity contribution is 0.102. The molecule has 2 N–H and O–H groups in total. The monoisotopic (exact) mass is 452 g/mol. The van der Waals surface area contributed by atoms with Gasteiger partial charge in [0.05, 0.1) is 13.7 Å². The first-order chi connectivity index (χ1) is 15.3. The summed E-state index contributed by atoms with van der Waals surface area (Å²) in [5.41, 5.74) is 4.02. The molecule has 32 heavy (non-hydrogen) atoms. The van der Waals surface area contributed by atoms with Crippen LogP contribution in [0.3, 0.4) is 0 Å². The van der Waals surface area contributed by atoms with E-state index in [9.17, 15) is 9.59 Å². The molecule has 0 spiro atoms. The number of nitrogens with zero attached hydrogens (tertiary/aromatic N) is 2. The summed E-state index contributed by atoms with van der Waals surface area (Å²) in [6.07, 6.45) is 0. The number of carbonyl (C=O) groups is 2. The first-order valence-electron chi connectivity index (χ1n) is 10.3. The molecule has 0 radical (unpaired) electrons. The molecular weight excluding hydrogens is 424 g/mol. The first kappa shape index (κ1) is 23.3. The van der Waals surface area contributed by atoms with Gasteiger partial charge in [-0.15, -0.1) is 11.3 Å². The number of aromatic nitrogens is 1.